The van der Waals surface area contributed by atoms with Crippen LogP contribution in [0.25, 0.3) is 22.4 Å². The van der Waals surface area contributed by atoms with Crippen molar-refractivity contribution in [3.63, 3.8) is 0 Å². The van der Waals surface area contributed by atoms with Gasteiger partial charge in [-0.1, -0.05) is 71.8 Å². The van der Waals surface area contributed by atoms with Gasteiger partial charge >= 0.3 is 0 Å². The van der Waals surface area contributed by atoms with Gasteiger partial charge in [-0.05, 0) is 18.6 Å². The molecule has 22 heavy (non-hydrogen) atoms. The number of hydrogen-bond donors (Lipinski definition) is 0. The second-order valence-corrected chi connectivity index (χ2v) is 5.42. The highest BCUT2D eigenvalue weighted by atomic mass is 35.5. The van der Waals surface area contributed by atoms with Gasteiger partial charge in [-0.15, -0.1) is 0 Å². The molecule has 0 aliphatic heterocycles. The number of pyridine rings is 1. The summed E-state index contributed by atoms with van der Waals surface area (Å²) in [6.45, 7) is 2.04. The second-order valence-electron chi connectivity index (χ2n) is 5.06. The van der Waals surface area contributed by atoms with E-state index in [4.69, 9.17) is 11.6 Å². The monoisotopic (exact) mass is 304 g/mol. The molecule has 3 rings (SSSR count). The van der Waals surface area contributed by atoms with Gasteiger partial charge in [0.2, 0.25) is 0 Å². The molecule has 1 heterocycles. The van der Waals surface area contributed by atoms with Crippen LogP contribution in [0.5, 0.6) is 0 Å². The third-order valence-electron chi connectivity index (χ3n) is 3.52. The fourth-order valence-electron chi connectivity index (χ4n) is 2.34. The van der Waals surface area contributed by atoms with Crippen LogP contribution in [-0.2, 0) is 0 Å². The number of aryl methyl sites for hydroxylation is 1. The number of rotatable bonds is 2. The van der Waals surface area contributed by atoms with E-state index >= 15 is 0 Å². The molecule has 0 unspecified atom stereocenters. The lowest BCUT2D eigenvalue weighted by molar-refractivity contribution is 1.30. The predicted octanol–water partition coefficient (Wildman–Crippen LogP) is 5.25. The van der Waals surface area contributed by atoms with Crippen LogP contribution in [0.1, 0.15) is 11.1 Å². The molecule has 0 aliphatic carbocycles. The predicted molar refractivity (Wildman–Crippen MR) is 89.6 cm³/mol. The molecule has 2 nitrogen and oxygen atoms in total. The van der Waals surface area contributed by atoms with E-state index in [-0.39, 0.29) is 5.15 Å². The summed E-state index contributed by atoms with van der Waals surface area (Å²) in [5.74, 6) is 0. The van der Waals surface area contributed by atoms with Crippen molar-refractivity contribution in [2.45, 2.75) is 6.92 Å². The highest BCUT2D eigenvalue weighted by molar-refractivity contribution is 6.31. The molecule has 0 bridgehead atoms. The minimum Gasteiger partial charge on any atom is -0.235 e. The number of benzene rings is 2. The molecular formula is C19H13ClN2. The van der Waals surface area contributed by atoms with E-state index in [1.807, 2.05) is 67.6 Å². The Morgan fingerprint density at radius 1 is 0.955 bits per heavy atom. The van der Waals surface area contributed by atoms with Crippen molar-refractivity contribution in [1.29, 1.82) is 5.26 Å². The number of aromatic nitrogens is 1. The van der Waals surface area contributed by atoms with Crippen LogP contribution in [0, 0.1) is 18.3 Å². The third-order valence-corrected chi connectivity index (χ3v) is 3.79. The molecule has 0 amide bonds. The summed E-state index contributed by atoms with van der Waals surface area (Å²) in [6, 6.07) is 21.9. The molecule has 0 aliphatic rings. The Morgan fingerprint density at radius 3 is 2.27 bits per heavy atom. The van der Waals surface area contributed by atoms with Gasteiger partial charge in [0.1, 0.15) is 11.2 Å². The summed E-state index contributed by atoms with van der Waals surface area (Å²) in [5.41, 5.74) is 5.10. The van der Waals surface area contributed by atoms with Gasteiger partial charge in [-0.2, -0.15) is 5.26 Å². The lowest BCUT2D eigenvalue weighted by atomic mass is 9.99. The SMILES string of the molecule is Cc1ccc(-c2cc(-c3ccccc3)c(C#N)c(Cl)n2)cc1. The second kappa shape index (κ2) is 6.01. The third kappa shape index (κ3) is 2.72. The molecule has 0 fully saturated rings. The molecular weight excluding hydrogens is 292 g/mol. The summed E-state index contributed by atoms with van der Waals surface area (Å²) >= 11 is 6.23. The van der Waals surface area contributed by atoms with Crippen LogP contribution >= 0.6 is 11.6 Å². The summed E-state index contributed by atoms with van der Waals surface area (Å²) in [4.78, 5) is 4.37. The van der Waals surface area contributed by atoms with Crippen molar-refractivity contribution in [3.05, 3.63) is 76.9 Å². The van der Waals surface area contributed by atoms with Crippen molar-refractivity contribution < 1.29 is 0 Å². The first-order chi connectivity index (χ1) is 10.7. The molecule has 0 radical (unpaired) electrons. The number of nitriles is 1. The maximum absolute atomic E-state index is 9.38. The van der Waals surface area contributed by atoms with E-state index in [9.17, 15) is 5.26 Å². The summed E-state index contributed by atoms with van der Waals surface area (Å²) in [6.07, 6.45) is 0. The first kappa shape index (κ1) is 14.3. The lowest BCUT2D eigenvalue weighted by Gasteiger charge is -2.09. The highest BCUT2D eigenvalue weighted by Crippen LogP contribution is 2.31. The molecule has 106 valence electrons. The zero-order valence-corrected chi connectivity index (χ0v) is 12.8. The van der Waals surface area contributed by atoms with Crippen LogP contribution in [0.2, 0.25) is 5.15 Å². The Labute approximate surface area is 134 Å². The van der Waals surface area contributed by atoms with Crippen molar-refractivity contribution in [1.82, 2.24) is 4.98 Å². The molecule has 0 saturated carbocycles. The van der Waals surface area contributed by atoms with Crippen LogP contribution in [-0.4, -0.2) is 4.98 Å². The fourth-order valence-corrected chi connectivity index (χ4v) is 2.57. The largest absolute Gasteiger partial charge is 0.235 e. The van der Waals surface area contributed by atoms with Crippen molar-refractivity contribution in [2.75, 3.05) is 0 Å². The average Bonchev–Trinajstić information content (AvgIpc) is 2.55. The van der Waals surface area contributed by atoms with E-state index in [1.54, 1.807) is 0 Å². The Bertz CT molecular complexity index is 847. The van der Waals surface area contributed by atoms with E-state index < -0.39 is 0 Å². The van der Waals surface area contributed by atoms with Crippen LogP contribution in [0.4, 0.5) is 0 Å². The maximum atomic E-state index is 9.38. The summed E-state index contributed by atoms with van der Waals surface area (Å²) in [7, 11) is 0. The van der Waals surface area contributed by atoms with Crippen LogP contribution < -0.4 is 0 Å². The maximum Gasteiger partial charge on any atom is 0.148 e. The van der Waals surface area contributed by atoms with Crippen LogP contribution in [0.3, 0.4) is 0 Å². The number of nitrogens with zero attached hydrogens (tertiary/aromatic N) is 2. The zero-order chi connectivity index (χ0) is 15.5. The standard InChI is InChI=1S/C19H13ClN2/c1-13-7-9-15(10-8-13)18-11-16(14-5-3-2-4-6-14)17(12-21)19(20)22-18/h2-11H,1H3. The quantitative estimate of drug-likeness (QED) is 0.606. The van der Waals surface area contributed by atoms with Gasteiger partial charge in [-0.25, -0.2) is 4.98 Å². The summed E-state index contributed by atoms with van der Waals surface area (Å²) in [5, 5.41) is 9.62. The molecule has 3 heteroatoms. The Balaban J connectivity index is 2.21. The van der Waals surface area contributed by atoms with E-state index in [0.717, 1.165) is 22.4 Å². The molecule has 0 saturated heterocycles. The van der Waals surface area contributed by atoms with Gasteiger partial charge < -0.3 is 0 Å². The Kier molecular flexibility index (Phi) is 3.91. The molecule has 0 atom stereocenters. The minimum atomic E-state index is 0.236. The van der Waals surface area contributed by atoms with Gasteiger partial charge in [-0.3, -0.25) is 0 Å². The van der Waals surface area contributed by atoms with Crippen molar-refractivity contribution in [3.8, 4) is 28.5 Å². The smallest absolute Gasteiger partial charge is 0.148 e. The van der Waals surface area contributed by atoms with Gasteiger partial charge in [0.05, 0.1) is 11.3 Å². The lowest BCUT2D eigenvalue weighted by Crippen LogP contribution is -1.93. The topological polar surface area (TPSA) is 36.7 Å². The van der Waals surface area contributed by atoms with Crippen LogP contribution in [0.15, 0.2) is 60.7 Å². The van der Waals surface area contributed by atoms with Crippen molar-refractivity contribution >= 4 is 11.6 Å². The minimum absolute atomic E-state index is 0.236. The zero-order valence-electron chi connectivity index (χ0n) is 12.0. The molecule has 3 aromatic rings. The number of hydrogen-bond acceptors (Lipinski definition) is 2. The van der Waals surface area contributed by atoms with Gasteiger partial charge in [0.15, 0.2) is 0 Å². The van der Waals surface area contributed by atoms with Gasteiger partial charge in [0, 0.05) is 11.1 Å². The molecule has 0 spiro atoms. The van der Waals surface area contributed by atoms with E-state index in [2.05, 4.69) is 11.1 Å². The van der Waals surface area contributed by atoms with Gasteiger partial charge in [0.25, 0.3) is 0 Å². The fraction of sp³-hybridized carbons (Fsp3) is 0.0526. The van der Waals surface area contributed by atoms with E-state index in [0.29, 0.717) is 5.56 Å². The first-order valence-corrected chi connectivity index (χ1v) is 7.30. The summed E-state index contributed by atoms with van der Waals surface area (Å²) < 4.78 is 0. The Hall–Kier alpha value is -2.63. The highest BCUT2D eigenvalue weighted by Gasteiger charge is 2.13. The normalized spacial score (nSPS) is 10.2. The molecule has 1 aromatic heterocycles. The average molecular weight is 305 g/mol. The van der Waals surface area contributed by atoms with E-state index in [1.165, 1.54) is 5.56 Å². The molecule has 2 aromatic carbocycles. The number of halogens is 1. The Morgan fingerprint density at radius 2 is 1.64 bits per heavy atom. The first-order valence-electron chi connectivity index (χ1n) is 6.92. The van der Waals surface area contributed by atoms with Crippen molar-refractivity contribution in [2.24, 2.45) is 0 Å². The molecule has 0 N–H and O–H groups in total.